The van der Waals surface area contributed by atoms with Crippen LogP contribution in [0, 0.1) is 0 Å². The molecule has 1 aromatic heterocycles. The van der Waals surface area contributed by atoms with E-state index in [2.05, 4.69) is 33.9 Å². The average Bonchev–Trinajstić information content (AvgIpc) is 2.54. The van der Waals surface area contributed by atoms with Crippen LogP contribution in [0.4, 0.5) is 5.69 Å². The molecule has 1 N–H and O–H groups in total. The van der Waals surface area contributed by atoms with Gasteiger partial charge < -0.3 is 15.0 Å². The number of thiol groups is 1. The smallest absolute Gasteiger partial charge is 0.237 e. The van der Waals surface area contributed by atoms with Crippen molar-refractivity contribution in [3.63, 3.8) is 0 Å². The number of ether oxygens (including phenoxy) is 1. The van der Waals surface area contributed by atoms with Crippen molar-refractivity contribution in [2.45, 2.75) is 11.5 Å². The lowest BCUT2D eigenvalue weighted by Crippen LogP contribution is -2.43. The van der Waals surface area contributed by atoms with Crippen molar-refractivity contribution in [1.29, 1.82) is 0 Å². The van der Waals surface area contributed by atoms with E-state index >= 15 is 0 Å². The Morgan fingerprint density at radius 2 is 2.05 bits per heavy atom. The molecule has 2 aromatic rings. The molecule has 0 radical (unpaired) electrons. The van der Waals surface area contributed by atoms with Gasteiger partial charge in [0.1, 0.15) is 6.61 Å². The Labute approximate surface area is 130 Å². The molecule has 1 aromatic carbocycles. The highest BCUT2D eigenvalue weighted by Crippen LogP contribution is 2.26. The second-order valence-corrected chi connectivity index (χ2v) is 5.54. The fourth-order valence-electron chi connectivity index (χ4n) is 2.44. The Morgan fingerprint density at radius 1 is 1.19 bits per heavy atom. The Bertz CT molecular complexity index is 600. The highest BCUT2D eigenvalue weighted by molar-refractivity contribution is 7.80. The first kappa shape index (κ1) is 14.2. The predicted molar refractivity (Wildman–Crippen MR) is 87.3 cm³/mol. The van der Waals surface area contributed by atoms with Crippen LogP contribution >= 0.6 is 12.6 Å². The van der Waals surface area contributed by atoms with Crippen LogP contribution in [0.25, 0.3) is 0 Å². The maximum Gasteiger partial charge on any atom is 0.237 e. The minimum absolute atomic E-state index is 0.504. The van der Waals surface area contributed by atoms with Crippen molar-refractivity contribution >= 4 is 18.3 Å². The summed E-state index contributed by atoms with van der Waals surface area (Å²) in [5, 5.41) is 3.36. The number of anilines is 1. The van der Waals surface area contributed by atoms with Crippen LogP contribution in [0.1, 0.15) is 5.56 Å². The zero-order valence-electron chi connectivity index (χ0n) is 11.8. The van der Waals surface area contributed by atoms with Crippen LogP contribution in [-0.2, 0) is 6.61 Å². The maximum atomic E-state index is 5.92. The summed E-state index contributed by atoms with van der Waals surface area (Å²) in [6.07, 6.45) is 1.77. The predicted octanol–water partition coefficient (Wildman–Crippen LogP) is 2.36. The van der Waals surface area contributed by atoms with Crippen LogP contribution in [-0.4, -0.2) is 31.2 Å². The minimum Gasteiger partial charge on any atom is -0.471 e. The number of nitrogens with one attached hydrogen (secondary N) is 1. The van der Waals surface area contributed by atoms with Gasteiger partial charge in [-0.3, -0.25) is 0 Å². The molecule has 21 heavy (non-hydrogen) atoms. The molecule has 0 spiro atoms. The Balaban J connectivity index is 1.73. The molecule has 0 aliphatic carbocycles. The second kappa shape index (κ2) is 6.83. The van der Waals surface area contributed by atoms with E-state index in [0.717, 1.165) is 42.3 Å². The van der Waals surface area contributed by atoms with E-state index in [1.54, 1.807) is 6.20 Å². The summed E-state index contributed by atoms with van der Waals surface area (Å²) in [7, 11) is 0. The van der Waals surface area contributed by atoms with Gasteiger partial charge in [0.05, 0.1) is 5.69 Å². The van der Waals surface area contributed by atoms with E-state index in [0.29, 0.717) is 12.5 Å². The van der Waals surface area contributed by atoms with E-state index in [9.17, 15) is 0 Å². The van der Waals surface area contributed by atoms with Crippen molar-refractivity contribution in [2.24, 2.45) is 0 Å². The largest absolute Gasteiger partial charge is 0.471 e. The summed E-state index contributed by atoms with van der Waals surface area (Å²) >= 11 is 4.35. The summed E-state index contributed by atoms with van der Waals surface area (Å²) < 4.78 is 5.92. The molecule has 0 saturated carbocycles. The van der Waals surface area contributed by atoms with Gasteiger partial charge in [-0.2, -0.15) is 0 Å². The van der Waals surface area contributed by atoms with Crippen molar-refractivity contribution in [1.82, 2.24) is 10.3 Å². The summed E-state index contributed by atoms with van der Waals surface area (Å²) in [6, 6.07) is 12.0. The number of hydrogen-bond acceptors (Lipinski definition) is 5. The fourth-order valence-corrected chi connectivity index (χ4v) is 2.69. The van der Waals surface area contributed by atoms with Crippen LogP contribution in [0.3, 0.4) is 0 Å². The van der Waals surface area contributed by atoms with E-state index in [-0.39, 0.29) is 0 Å². The van der Waals surface area contributed by atoms with Gasteiger partial charge in [0.25, 0.3) is 0 Å². The number of hydrogen-bond donors (Lipinski definition) is 2. The van der Waals surface area contributed by atoms with E-state index in [4.69, 9.17) is 4.74 Å². The van der Waals surface area contributed by atoms with Gasteiger partial charge in [0.2, 0.25) is 5.88 Å². The van der Waals surface area contributed by atoms with Crippen LogP contribution < -0.4 is 15.0 Å². The Kier molecular flexibility index (Phi) is 4.62. The minimum atomic E-state index is 0.504. The molecular weight excluding hydrogens is 282 g/mol. The van der Waals surface area contributed by atoms with E-state index in [1.807, 2.05) is 30.3 Å². The van der Waals surface area contributed by atoms with Gasteiger partial charge in [0.15, 0.2) is 0 Å². The summed E-state index contributed by atoms with van der Waals surface area (Å²) in [5.41, 5.74) is 2.17. The molecule has 3 rings (SSSR count). The molecule has 0 unspecified atom stereocenters. The number of rotatable bonds is 4. The summed E-state index contributed by atoms with van der Waals surface area (Å²) in [5.74, 6) is 0.698. The van der Waals surface area contributed by atoms with Crippen molar-refractivity contribution in [3.05, 3.63) is 48.2 Å². The maximum absolute atomic E-state index is 5.92. The standard InChI is InChI=1S/C16H19N3OS/c21-14-4-1-3-13(11-14)12-20-16-15(5-2-6-18-16)19-9-7-17-8-10-19/h1-6,11,17,21H,7-10,12H2. The van der Waals surface area contributed by atoms with Crippen LogP contribution in [0.5, 0.6) is 5.88 Å². The van der Waals surface area contributed by atoms with Crippen molar-refractivity contribution < 1.29 is 4.74 Å². The van der Waals surface area contributed by atoms with Crippen LogP contribution in [0.15, 0.2) is 47.5 Å². The molecule has 1 fully saturated rings. The van der Waals surface area contributed by atoms with E-state index in [1.165, 1.54) is 0 Å². The zero-order chi connectivity index (χ0) is 14.5. The molecule has 1 aliphatic rings. The first-order valence-corrected chi connectivity index (χ1v) is 7.59. The summed E-state index contributed by atoms with van der Waals surface area (Å²) in [4.78, 5) is 7.65. The van der Waals surface area contributed by atoms with Crippen molar-refractivity contribution in [3.8, 4) is 5.88 Å². The third-order valence-electron chi connectivity index (χ3n) is 3.49. The second-order valence-electron chi connectivity index (χ2n) is 5.02. The Hall–Kier alpha value is -1.72. The third kappa shape index (κ3) is 3.68. The molecular formula is C16H19N3OS. The fraction of sp³-hybridized carbons (Fsp3) is 0.312. The van der Waals surface area contributed by atoms with Gasteiger partial charge in [0, 0.05) is 37.3 Å². The number of aromatic nitrogens is 1. The van der Waals surface area contributed by atoms with Gasteiger partial charge in [-0.1, -0.05) is 12.1 Å². The third-order valence-corrected chi connectivity index (χ3v) is 3.77. The SMILES string of the molecule is Sc1cccc(COc2ncccc2N2CCNCC2)c1. The molecule has 0 atom stereocenters. The molecule has 2 heterocycles. The number of piperazine rings is 1. The quantitative estimate of drug-likeness (QED) is 0.850. The molecule has 1 aliphatic heterocycles. The van der Waals surface area contributed by atoms with Gasteiger partial charge in [-0.15, -0.1) is 12.6 Å². The monoisotopic (exact) mass is 301 g/mol. The number of nitrogens with zero attached hydrogens (tertiary/aromatic N) is 2. The Morgan fingerprint density at radius 3 is 2.86 bits per heavy atom. The lowest BCUT2D eigenvalue weighted by atomic mass is 10.2. The molecule has 0 amide bonds. The highest BCUT2D eigenvalue weighted by atomic mass is 32.1. The average molecular weight is 301 g/mol. The number of pyridine rings is 1. The van der Waals surface area contributed by atoms with Gasteiger partial charge in [-0.05, 0) is 29.8 Å². The first-order chi connectivity index (χ1) is 10.3. The molecule has 5 heteroatoms. The van der Waals surface area contributed by atoms with Gasteiger partial charge >= 0.3 is 0 Å². The van der Waals surface area contributed by atoms with Crippen LogP contribution in [0.2, 0.25) is 0 Å². The lowest BCUT2D eigenvalue weighted by Gasteiger charge is -2.30. The molecule has 110 valence electrons. The lowest BCUT2D eigenvalue weighted by molar-refractivity contribution is 0.293. The topological polar surface area (TPSA) is 37.4 Å². The highest BCUT2D eigenvalue weighted by Gasteiger charge is 2.15. The van der Waals surface area contributed by atoms with E-state index < -0.39 is 0 Å². The first-order valence-electron chi connectivity index (χ1n) is 7.14. The number of benzene rings is 1. The molecule has 4 nitrogen and oxygen atoms in total. The molecule has 1 saturated heterocycles. The summed E-state index contributed by atoms with van der Waals surface area (Å²) in [6.45, 7) is 4.46. The zero-order valence-corrected chi connectivity index (χ0v) is 12.7. The normalized spacial score (nSPS) is 15.0. The van der Waals surface area contributed by atoms with Gasteiger partial charge in [-0.25, -0.2) is 4.98 Å². The molecule has 0 bridgehead atoms. The van der Waals surface area contributed by atoms with Crippen molar-refractivity contribution in [2.75, 3.05) is 31.1 Å².